The van der Waals surface area contributed by atoms with Gasteiger partial charge in [0.05, 0.1) is 19.4 Å². The van der Waals surface area contributed by atoms with Gasteiger partial charge in [-0.15, -0.1) is 0 Å². The number of carbonyl (C=O) groups is 3. The maximum atomic E-state index is 11.7. The van der Waals surface area contributed by atoms with Crippen molar-refractivity contribution in [3.63, 3.8) is 0 Å². The summed E-state index contributed by atoms with van der Waals surface area (Å²) < 4.78 is 9.22. The Hall–Kier alpha value is -1.39. The number of methoxy groups -OCH3 is 1. The van der Waals surface area contributed by atoms with Crippen LogP contribution in [0.3, 0.4) is 0 Å². The van der Waals surface area contributed by atoms with Crippen LogP contribution >= 0.6 is 0 Å². The Labute approximate surface area is 126 Å². The third-order valence-electron chi connectivity index (χ3n) is 4.09. The maximum Gasteiger partial charge on any atom is 0.314 e. The van der Waals surface area contributed by atoms with Gasteiger partial charge in [-0.1, -0.05) is 44.9 Å². The first kappa shape index (κ1) is 17.7. The smallest absolute Gasteiger partial charge is 0.314 e. The van der Waals surface area contributed by atoms with Crippen LogP contribution < -0.4 is 0 Å². The summed E-state index contributed by atoms with van der Waals surface area (Å²) in [6.07, 6.45) is 8.99. The molecular weight excluding hydrogens is 272 g/mol. The quantitative estimate of drug-likeness (QED) is 0.534. The van der Waals surface area contributed by atoms with E-state index >= 15 is 0 Å². The number of rotatable bonds is 7. The van der Waals surface area contributed by atoms with Crippen molar-refractivity contribution in [2.24, 2.45) is 11.8 Å². The van der Waals surface area contributed by atoms with Crippen LogP contribution in [-0.4, -0.2) is 25.0 Å². The zero-order valence-corrected chi connectivity index (χ0v) is 13.1. The highest BCUT2D eigenvalue weighted by atomic mass is 16.6. The summed E-state index contributed by atoms with van der Waals surface area (Å²) in [5, 5.41) is 0. The van der Waals surface area contributed by atoms with Crippen LogP contribution in [0.4, 0.5) is 0 Å². The molecule has 0 unspecified atom stereocenters. The Morgan fingerprint density at radius 1 is 1.14 bits per heavy atom. The van der Waals surface area contributed by atoms with Gasteiger partial charge in [-0.05, 0) is 12.3 Å². The average molecular weight is 298 g/mol. The highest BCUT2D eigenvalue weighted by molar-refractivity contribution is 5.87. The molecule has 0 saturated heterocycles. The van der Waals surface area contributed by atoms with E-state index in [0.29, 0.717) is 6.42 Å². The lowest BCUT2D eigenvalue weighted by Crippen LogP contribution is -2.22. The summed E-state index contributed by atoms with van der Waals surface area (Å²) in [4.78, 5) is 33.9. The highest BCUT2D eigenvalue weighted by Gasteiger charge is 2.24. The van der Waals surface area contributed by atoms with E-state index in [1.165, 1.54) is 46.1 Å². The lowest BCUT2D eigenvalue weighted by molar-refractivity contribution is -0.161. The van der Waals surface area contributed by atoms with E-state index in [1.807, 2.05) is 0 Å². The monoisotopic (exact) mass is 298 g/mol. The molecule has 0 bridgehead atoms. The second-order valence-electron chi connectivity index (χ2n) is 5.82. The third-order valence-corrected chi connectivity index (χ3v) is 4.09. The van der Waals surface area contributed by atoms with Gasteiger partial charge in [0.2, 0.25) is 0 Å². The Morgan fingerprint density at radius 3 is 2.38 bits per heavy atom. The topological polar surface area (TPSA) is 69.7 Å². The van der Waals surface area contributed by atoms with Gasteiger partial charge in [0.15, 0.2) is 0 Å². The second-order valence-corrected chi connectivity index (χ2v) is 5.82. The molecule has 1 fully saturated rings. The van der Waals surface area contributed by atoms with Crippen molar-refractivity contribution in [3.05, 3.63) is 0 Å². The molecule has 0 aromatic carbocycles. The van der Waals surface area contributed by atoms with E-state index < -0.39 is 23.8 Å². The largest absolute Gasteiger partial charge is 0.469 e. The van der Waals surface area contributed by atoms with Gasteiger partial charge in [0, 0.05) is 6.92 Å². The zero-order chi connectivity index (χ0) is 15.7. The number of ether oxygens (including phenoxy) is 2. The van der Waals surface area contributed by atoms with Gasteiger partial charge in [-0.3, -0.25) is 14.4 Å². The molecule has 1 rings (SSSR count). The van der Waals surface area contributed by atoms with Gasteiger partial charge in [0.25, 0.3) is 0 Å². The van der Waals surface area contributed by atoms with Crippen molar-refractivity contribution < 1.29 is 23.9 Å². The summed E-state index contributed by atoms with van der Waals surface area (Å²) >= 11 is 0. The maximum absolute atomic E-state index is 11.7. The van der Waals surface area contributed by atoms with Crippen molar-refractivity contribution in [1.82, 2.24) is 0 Å². The number of esters is 3. The number of hydrogen-bond acceptors (Lipinski definition) is 5. The Morgan fingerprint density at radius 2 is 1.81 bits per heavy atom. The summed E-state index contributed by atoms with van der Waals surface area (Å²) in [5.74, 6) is -1.47. The molecule has 5 nitrogen and oxygen atoms in total. The van der Waals surface area contributed by atoms with E-state index in [2.05, 4.69) is 4.74 Å². The highest BCUT2D eigenvalue weighted by Crippen LogP contribution is 2.29. The minimum Gasteiger partial charge on any atom is -0.469 e. The van der Waals surface area contributed by atoms with Gasteiger partial charge in [-0.2, -0.15) is 0 Å². The average Bonchev–Trinajstić information content (AvgIpc) is 2.45. The van der Waals surface area contributed by atoms with E-state index in [9.17, 15) is 14.4 Å². The fourth-order valence-electron chi connectivity index (χ4n) is 3.00. The fraction of sp³-hybridized carbons (Fsp3) is 0.812. The Bertz CT molecular complexity index is 358. The van der Waals surface area contributed by atoms with Crippen LogP contribution in [0.5, 0.6) is 0 Å². The van der Waals surface area contributed by atoms with Gasteiger partial charge < -0.3 is 9.47 Å². The molecule has 1 aliphatic rings. The fourth-order valence-corrected chi connectivity index (χ4v) is 3.00. The van der Waals surface area contributed by atoms with Gasteiger partial charge in [0.1, 0.15) is 0 Å². The van der Waals surface area contributed by atoms with Crippen LogP contribution in [0.15, 0.2) is 0 Å². The minimum absolute atomic E-state index is 0.0864. The molecule has 21 heavy (non-hydrogen) atoms. The van der Waals surface area contributed by atoms with Crippen molar-refractivity contribution in [1.29, 1.82) is 0 Å². The summed E-state index contributed by atoms with van der Waals surface area (Å²) in [7, 11) is 1.31. The molecule has 120 valence electrons. The Balaban J connectivity index is 2.36. The molecule has 0 radical (unpaired) electrons. The van der Waals surface area contributed by atoms with Crippen molar-refractivity contribution in [2.45, 2.75) is 64.7 Å². The molecule has 0 N–H and O–H groups in total. The molecule has 0 aromatic heterocycles. The number of carbonyl (C=O) groups excluding carboxylic acids is 3. The first-order valence-corrected chi connectivity index (χ1v) is 7.82. The minimum atomic E-state index is -0.657. The van der Waals surface area contributed by atoms with E-state index in [-0.39, 0.29) is 6.42 Å². The molecule has 0 spiro atoms. The van der Waals surface area contributed by atoms with Crippen molar-refractivity contribution in [2.75, 3.05) is 7.11 Å². The summed E-state index contributed by atoms with van der Waals surface area (Å²) in [6.45, 7) is 1.17. The molecular formula is C16H26O5. The molecule has 0 aliphatic heterocycles. The lowest BCUT2D eigenvalue weighted by Gasteiger charge is -2.22. The molecule has 0 amide bonds. The van der Waals surface area contributed by atoms with E-state index in [4.69, 9.17) is 4.74 Å². The third kappa shape index (κ3) is 7.25. The molecule has 1 atom stereocenters. The SMILES string of the molecule is COC(=O)[C@H](CCCC1CCCCC1)CC(=O)OC(C)=O. The molecule has 5 heteroatoms. The number of hydrogen-bond donors (Lipinski definition) is 0. The lowest BCUT2D eigenvalue weighted by atomic mass is 9.84. The van der Waals surface area contributed by atoms with E-state index in [0.717, 1.165) is 18.8 Å². The van der Waals surface area contributed by atoms with Crippen LogP contribution in [0.2, 0.25) is 0 Å². The van der Waals surface area contributed by atoms with Crippen LogP contribution in [0.1, 0.15) is 64.7 Å². The van der Waals surface area contributed by atoms with Crippen LogP contribution in [0, 0.1) is 11.8 Å². The first-order valence-electron chi connectivity index (χ1n) is 7.82. The molecule has 0 aromatic rings. The van der Waals surface area contributed by atoms with E-state index in [1.54, 1.807) is 0 Å². The zero-order valence-electron chi connectivity index (χ0n) is 13.1. The Kier molecular flexibility index (Phi) is 8.01. The first-order chi connectivity index (χ1) is 10.0. The van der Waals surface area contributed by atoms with Gasteiger partial charge in [-0.25, -0.2) is 0 Å². The van der Waals surface area contributed by atoms with Crippen LogP contribution in [0.25, 0.3) is 0 Å². The van der Waals surface area contributed by atoms with Crippen molar-refractivity contribution >= 4 is 17.9 Å². The van der Waals surface area contributed by atoms with Crippen LogP contribution in [-0.2, 0) is 23.9 Å². The van der Waals surface area contributed by atoms with Crippen molar-refractivity contribution in [3.8, 4) is 0 Å². The molecule has 1 saturated carbocycles. The molecule has 0 heterocycles. The predicted octanol–water partition coefficient (Wildman–Crippen LogP) is 3.01. The second kappa shape index (κ2) is 9.53. The molecule has 1 aliphatic carbocycles. The summed E-state index contributed by atoms with van der Waals surface area (Å²) in [6, 6.07) is 0. The standard InChI is InChI=1S/C16H26O5/c1-12(17)21-15(18)11-14(16(19)20-2)10-6-9-13-7-4-3-5-8-13/h13-14H,3-11H2,1-2H3/t14-/m1/s1. The predicted molar refractivity (Wildman–Crippen MR) is 77.3 cm³/mol. The normalized spacial score (nSPS) is 17.0. The van der Waals surface area contributed by atoms with Gasteiger partial charge >= 0.3 is 17.9 Å². The summed E-state index contributed by atoms with van der Waals surface area (Å²) in [5.41, 5.74) is 0.